The van der Waals surface area contributed by atoms with Crippen molar-refractivity contribution in [2.45, 2.75) is 38.0 Å². The van der Waals surface area contributed by atoms with E-state index in [2.05, 4.69) is 15.3 Å². The third kappa shape index (κ3) is 5.39. The highest BCUT2D eigenvalue weighted by Gasteiger charge is 2.35. The third-order valence-electron chi connectivity index (χ3n) is 5.78. The molecule has 0 aliphatic carbocycles. The standard InChI is InChI=1S/C24H24ClF3N4O/c1-14(19-10-18(25)5-6-20(19)24(26,27)28)33-22-9-17(13-32-23(22)29)15-4-7-21(31-12-15)16-3-2-8-30-11-16/h4-7,9-10,12-14,16,30H,2-3,8,11H2,1H3,(H2,29,32). The highest BCUT2D eigenvalue weighted by molar-refractivity contribution is 6.30. The lowest BCUT2D eigenvalue weighted by molar-refractivity contribution is -0.138. The maximum Gasteiger partial charge on any atom is 0.416 e. The van der Waals surface area contributed by atoms with E-state index in [1.807, 2.05) is 12.1 Å². The van der Waals surface area contributed by atoms with E-state index in [1.165, 1.54) is 19.1 Å². The van der Waals surface area contributed by atoms with Crippen LogP contribution in [0.5, 0.6) is 5.75 Å². The lowest BCUT2D eigenvalue weighted by Crippen LogP contribution is -2.28. The molecular weight excluding hydrogens is 453 g/mol. The van der Waals surface area contributed by atoms with E-state index in [4.69, 9.17) is 22.1 Å². The van der Waals surface area contributed by atoms with Crippen LogP contribution in [0.3, 0.4) is 0 Å². The molecule has 0 radical (unpaired) electrons. The number of benzene rings is 1. The third-order valence-corrected chi connectivity index (χ3v) is 6.01. The van der Waals surface area contributed by atoms with Crippen LogP contribution in [0.2, 0.25) is 5.02 Å². The molecule has 2 unspecified atom stereocenters. The summed E-state index contributed by atoms with van der Waals surface area (Å²) in [6.45, 7) is 3.46. The number of rotatable bonds is 5. The molecule has 0 amide bonds. The topological polar surface area (TPSA) is 73.1 Å². The molecule has 5 nitrogen and oxygen atoms in total. The van der Waals surface area contributed by atoms with Gasteiger partial charge in [-0.05, 0) is 56.6 Å². The molecule has 174 valence electrons. The molecule has 0 saturated carbocycles. The van der Waals surface area contributed by atoms with Crippen molar-refractivity contribution in [3.63, 3.8) is 0 Å². The van der Waals surface area contributed by atoms with E-state index in [0.717, 1.165) is 43.3 Å². The summed E-state index contributed by atoms with van der Waals surface area (Å²) in [6.07, 6.45) is 0.0818. The fourth-order valence-corrected chi connectivity index (χ4v) is 4.19. The number of aromatic nitrogens is 2. The van der Waals surface area contributed by atoms with Crippen LogP contribution in [-0.4, -0.2) is 23.1 Å². The molecule has 3 aromatic rings. The molecule has 1 aromatic carbocycles. The molecule has 1 aliphatic rings. The number of ether oxygens (including phenoxy) is 1. The molecule has 9 heteroatoms. The summed E-state index contributed by atoms with van der Waals surface area (Å²) in [5.74, 6) is 0.658. The van der Waals surface area contributed by atoms with E-state index in [0.29, 0.717) is 11.5 Å². The predicted molar refractivity (Wildman–Crippen MR) is 122 cm³/mol. The second-order valence-electron chi connectivity index (χ2n) is 8.11. The van der Waals surface area contributed by atoms with Gasteiger partial charge in [0.1, 0.15) is 6.10 Å². The first-order valence-corrected chi connectivity index (χ1v) is 11.1. The van der Waals surface area contributed by atoms with Gasteiger partial charge >= 0.3 is 6.18 Å². The van der Waals surface area contributed by atoms with Gasteiger partial charge in [0.15, 0.2) is 11.6 Å². The monoisotopic (exact) mass is 476 g/mol. The van der Waals surface area contributed by atoms with Gasteiger partial charge in [0, 0.05) is 52.3 Å². The van der Waals surface area contributed by atoms with Crippen molar-refractivity contribution in [2.24, 2.45) is 0 Å². The molecule has 3 heterocycles. The Morgan fingerprint density at radius 3 is 2.58 bits per heavy atom. The Balaban J connectivity index is 1.58. The molecular formula is C24H24ClF3N4O. The predicted octanol–water partition coefficient (Wildman–Crippen LogP) is 6.01. The molecule has 2 aromatic heterocycles. The van der Waals surface area contributed by atoms with E-state index < -0.39 is 17.8 Å². The van der Waals surface area contributed by atoms with Gasteiger partial charge < -0.3 is 15.8 Å². The van der Waals surface area contributed by atoms with Gasteiger partial charge in [-0.1, -0.05) is 17.7 Å². The van der Waals surface area contributed by atoms with Crippen molar-refractivity contribution in [3.8, 4) is 16.9 Å². The van der Waals surface area contributed by atoms with Crippen LogP contribution >= 0.6 is 11.6 Å². The van der Waals surface area contributed by atoms with Crippen molar-refractivity contribution < 1.29 is 17.9 Å². The number of piperidine rings is 1. The minimum Gasteiger partial charge on any atom is -0.482 e. The van der Waals surface area contributed by atoms with Crippen molar-refractivity contribution in [2.75, 3.05) is 18.8 Å². The Hall–Kier alpha value is -2.84. The molecule has 1 saturated heterocycles. The number of nitrogens with two attached hydrogens (primary N) is 1. The first-order valence-electron chi connectivity index (χ1n) is 10.7. The van der Waals surface area contributed by atoms with Crippen LogP contribution in [0, 0.1) is 0 Å². The molecule has 2 atom stereocenters. The maximum atomic E-state index is 13.5. The van der Waals surface area contributed by atoms with Crippen molar-refractivity contribution in [1.82, 2.24) is 15.3 Å². The Labute approximate surface area is 195 Å². The van der Waals surface area contributed by atoms with E-state index in [-0.39, 0.29) is 22.2 Å². The quantitative estimate of drug-likeness (QED) is 0.472. The van der Waals surface area contributed by atoms with Gasteiger partial charge in [0.05, 0.1) is 5.56 Å². The van der Waals surface area contributed by atoms with Gasteiger partial charge in [-0.2, -0.15) is 13.2 Å². The lowest BCUT2D eigenvalue weighted by Gasteiger charge is -2.22. The van der Waals surface area contributed by atoms with Crippen LogP contribution in [-0.2, 0) is 6.18 Å². The second kappa shape index (κ2) is 9.57. The average molecular weight is 477 g/mol. The summed E-state index contributed by atoms with van der Waals surface area (Å²) in [5, 5.41) is 3.57. The number of pyridine rings is 2. The first kappa shape index (κ1) is 23.3. The van der Waals surface area contributed by atoms with Crippen LogP contribution in [0.15, 0.2) is 48.8 Å². The van der Waals surface area contributed by atoms with Gasteiger partial charge in [-0.25, -0.2) is 4.98 Å². The summed E-state index contributed by atoms with van der Waals surface area (Å²) >= 11 is 5.95. The number of nitrogens with zero attached hydrogens (tertiary/aromatic N) is 2. The largest absolute Gasteiger partial charge is 0.482 e. The van der Waals surface area contributed by atoms with Crippen LogP contribution in [0.1, 0.15) is 48.6 Å². The lowest BCUT2D eigenvalue weighted by atomic mass is 9.95. The normalized spacial score (nSPS) is 17.5. The zero-order valence-corrected chi connectivity index (χ0v) is 18.7. The molecule has 0 spiro atoms. The minimum absolute atomic E-state index is 0.0769. The summed E-state index contributed by atoms with van der Waals surface area (Å²) in [4.78, 5) is 8.78. The summed E-state index contributed by atoms with van der Waals surface area (Å²) in [7, 11) is 0. The number of nitrogens with one attached hydrogen (secondary N) is 1. The summed E-state index contributed by atoms with van der Waals surface area (Å²) in [6, 6.07) is 9.02. The van der Waals surface area contributed by atoms with Crippen LogP contribution in [0.25, 0.3) is 11.1 Å². The molecule has 1 fully saturated rings. The fraction of sp³-hybridized carbons (Fsp3) is 0.333. The number of hydrogen-bond donors (Lipinski definition) is 2. The fourth-order valence-electron chi connectivity index (χ4n) is 4.01. The maximum absolute atomic E-state index is 13.5. The SMILES string of the molecule is CC(Oc1cc(-c2ccc(C3CCCNC3)nc2)cnc1N)c1cc(Cl)ccc1C(F)(F)F. The smallest absolute Gasteiger partial charge is 0.416 e. The van der Waals surface area contributed by atoms with Gasteiger partial charge in [0.25, 0.3) is 0 Å². The van der Waals surface area contributed by atoms with Crippen LogP contribution < -0.4 is 15.8 Å². The average Bonchev–Trinajstić information content (AvgIpc) is 2.80. The van der Waals surface area contributed by atoms with Crippen LogP contribution in [0.4, 0.5) is 19.0 Å². The van der Waals surface area contributed by atoms with Gasteiger partial charge in [0.2, 0.25) is 0 Å². The Morgan fingerprint density at radius 1 is 1.12 bits per heavy atom. The zero-order valence-electron chi connectivity index (χ0n) is 18.0. The Morgan fingerprint density at radius 2 is 1.91 bits per heavy atom. The molecule has 1 aliphatic heterocycles. The minimum atomic E-state index is -4.54. The highest BCUT2D eigenvalue weighted by atomic mass is 35.5. The summed E-state index contributed by atoms with van der Waals surface area (Å²) < 4.78 is 46.2. The highest BCUT2D eigenvalue weighted by Crippen LogP contribution is 2.38. The Bertz CT molecular complexity index is 1120. The molecule has 3 N–H and O–H groups in total. The summed E-state index contributed by atoms with van der Waals surface area (Å²) in [5.41, 5.74) is 7.62. The van der Waals surface area contributed by atoms with E-state index >= 15 is 0 Å². The number of nitrogen functional groups attached to an aromatic ring is 1. The second-order valence-corrected chi connectivity index (χ2v) is 8.55. The van der Waals surface area contributed by atoms with Crippen molar-refractivity contribution >= 4 is 17.4 Å². The van der Waals surface area contributed by atoms with E-state index in [1.54, 1.807) is 18.5 Å². The Kier molecular flexibility index (Phi) is 6.76. The number of anilines is 1. The molecule has 33 heavy (non-hydrogen) atoms. The number of hydrogen-bond acceptors (Lipinski definition) is 5. The first-order chi connectivity index (χ1) is 15.7. The van der Waals surface area contributed by atoms with Crippen molar-refractivity contribution in [3.05, 3.63) is 70.6 Å². The van der Waals surface area contributed by atoms with Crippen molar-refractivity contribution in [1.29, 1.82) is 0 Å². The van der Waals surface area contributed by atoms with Gasteiger partial charge in [-0.15, -0.1) is 0 Å². The molecule has 4 rings (SSSR count). The number of halogens is 4. The number of alkyl halides is 3. The van der Waals surface area contributed by atoms with Gasteiger partial charge in [-0.3, -0.25) is 4.98 Å². The van der Waals surface area contributed by atoms with E-state index in [9.17, 15) is 13.2 Å². The molecule has 0 bridgehead atoms. The zero-order chi connectivity index (χ0) is 23.6.